The molecule has 0 spiro atoms. The van der Waals surface area contributed by atoms with Crippen LogP contribution in [0, 0.1) is 0 Å². The van der Waals surface area contributed by atoms with E-state index in [1.54, 1.807) is 0 Å². The molecule has 12 heteroatoms. The van der Waals surface area contributed by atoms with Gasteiger partial charge in [0.2, 0.25) is 6.23 Å². The van der Waals surface area contributed by atoms with Gasteiger partial charge in [-0.2, -0.15) is 13.8 Å². The van der Waals surface area contributed by atoms with E-state index in [0.717, 1.165) is 25.5 Å². The lowest BCUT2D eigenvalue weighted by Gasteiger charge is -2.31. The molecule has 2 fully saturated rings. The molecule has 2 unspecified atom stereocenters. The molecule has 2 aliphatic heterocycles. The Labute approximate surface area is 243 Å². The fourth-order valence-corrected chi connectivity index (χ4v) is 6.85. The number of fused-ring (bicyclic) bond motifs is 1. The van der Waals surface area contributed by atoms with Gasteiger partial charge >= 0.3 is 19.4 Å². The van der Waals surface area contributed by atoms with Gasteiger partial charge in [-0.3, -0.25) is 18.1 Å². The van der Waals surface area contributed by atoms with Crippen LogP contribution in [0.2, 0.25) is 0 Å². The van der Waals surface area contributed by atoms with E-state index in [-0.39, 0.29) is 12.4 Å². The second kappa shape index (κ2) is 17.7. The van der Waals surface area contributed by atoms with Gasteiger partial charge in [0.1, 0.15) is 11.9 Å². The summed E-state index contributed by atoms with van der Waals surface area (Å²) in [7, 11) is -4.18. The number of alkyl halides is 2. The summed E-state index contributed by atoms with van der Waals surface area (Å²) in [6, 6.07) is 1.22. The smallest absolute Gasteiger partial charge is 0.383 e. The molecule has 1 aromatic heterocycles. The van der Waals surface area contributed by atoms with Crippen molar-refractivity contribution in [2.45, 2.75) is 147 Å². The number of ether oxygens (including phenoxy) is 1. The molecule has 0 bridgehead atoms. The molecule has 0 aromatic carbocycles. The number of phosphoric ester groups is 1. The van der Waals surface area contributed by atoms with Crippen molar-refractivity contribution in [3.8, 4) is 0 Å². The van der Waals surface area contributed by atoms with Crippen LogP contribution in [0.15, 0.2) is 17.1 Å². The summed E-state index contributed by atoms with van der Waals surface area (Å²) in [5.41, 5.74) is 4.45. The number of hydrogen-bond donors (Lipinski definition) is 1. The van der Waals surface area contributed by atoms with E-state index in [4.69, 9.17) is 24.0 Å². The number of unbranched alkanes of at least 4 members (excludes halogenated alkanes) is 17. The highest BCUT2D eigenvalue weighted by atomic mass is 31.2. The summed E-state index contributed by atoms with van der Waals surface area (Å²) >= 11 is 0. The Balaban J connectivity index is 1.20. The van der Waals surface area contributed by atoms with Crippen LogP contribution < -0.4 is 11.4 Å². The molecule has 3 rings (SSSR count). The largest absolute Gasteiger partial charge is 0.475 e. The van der Waals surface area contributed by atoms with Crippen LogP contribution in [-0.4, -0.2) is 40.9 Å². The van der Waals surface area contributed by atoms with Crippen molar-refractivity contribution in [1.82, 2.24) is 9.55 Å². The first-order chi connectivity index (χ1) is 19.8. The fraction of sp³-hybridized carbons (Fsp3) is 0.862. The van der Waals surface area contributed by atoms with Crippen LogP contribution in [0.4, 0.5) is 14.6 Å². The normalized spacial score (nSPS) is 25.4. The minimum atomic E-state index is -4.18. The maximum Gasteiger partial charge on any atom is 0.475 e. The zero-order valence-corrected chi connectivity index (χ0v) is 25.5. The van der Waals surface area contributed by atoms with Gasteiger partial charge in [0.25, 0.3) is 0 Å². The van der Waals surface area contributed by atoms with E-state index in [2.05, 4.69) is 11.9 Å². The summed E-state index contributed by atoms with van der Waals surface area (Å²) in [5.74, 6) is -3.76. The molecule has 236 valence electrons. The van der Waals surface area contributed by atoms with Crippen molar-refractivity contribution < 1.29 is 31.7 Å². The molecule has 0 aliphatic carbocycles. The summed E-state index contributed by atoms with van der Waals surface area (Å²) in [6.45, 7) is 1.95. The monoisotopic (exact) mass is 605 g/mol. The van der Waals surface area contributed by atoms with E-state index >= 15 is 8.78 Å². The number of phosphoric acid groups is 1. The second-order valence-corrected chi connectivity index (χ2v) is 13.0. The second-order valence-electron chi connectivity index (χ2n) is 11.4. The Morgan fingerprint density at radius 1 is 0.951 bits per heavy atom. The average molecular weight is 606 g/mol. The van der Waals surface area contributed by atoms with E-state index < -0.39 is 44.5 Å². The number of nitrogen functional groups attached to an aromatic ring is 1. The average Bonchev–Trinajstić information content (AvgIpc) is 3.19. The quantitative estimate of drug-likeness (QED) is 0.111. The van der Waals surface area contributed by atoms with Gasteiger partial charge in [0.15, 0.2) is 6.10 Å². The van der Waals surface area contributed by atoms with Crippen molar-refractivity contribution in [3.05, 3.63) is 22.7 Å². The zero-order valence-electron chi connectivity index (χ0n) is 24.7. The molecule has 1 aromatic rings. The summed E-state index contributed by atoms with van der Waals surface area (Å²) in [5, 5.41) is 0. The Hall–Kier alpha value is -1.39. The van der Waals surface area contributed by atoms with Gasteiger partial charge < -0.3 is 10.5 Å². The van der Waals surface area contributed by atoms with Crippen LogP contribution >= 0.6 is 7.82 Å². The third-order valence-electron chi connectivity index (χ3n) is 7.84. The molecule has 3 heterocycles. The first-order valence-electron chi connectivity index (χ1n) is 15.7. The van der Waals surface area contributed by atoms with Crippen molar-refractivity contribution in [1.29, 1.82) is 0 Å². The maximum absolute atomic E-state index is 15.1. The first-order valence-corrected chi connectivity index (χ1v) is 17.2. The molecule has 0 saturated carbocycles. The van der Waals surface area contributed by atoms with E-state index in [1.165, 1.54) is 96.0 Å². The molecule has 2 aliphatic rings. The lowest BCUT2D eigenvalue weighted by Crippen LogP contribution is -2.45. The van der Waals surface area contributed by atoms with Gasteiger partial charge in [0.05, 0.1) is 13.2 Å². The Morgan fingerprint density at radius 3 is 1.98 bits per heavy atom. The molecule has 2 N–H and O–H groups in total. The SMILES string of the molecule is CCCCCCCCCCCCCCCCCCCCOP1(=O)OCC2O[C@@H](n3ccc(N)nc3=O)C(F)(F)[C@@H]2O1. The number of halogens is 2. The number of aromatic nitrogens is 2. The number of rotatable bonds is 21. The summed E-state index contributed by atoms with van der Waals surface area (Å²) in [6.07, 6.45) is 18.5. The van der Waals surface area contributed by atoms with Gasteiger partial charge in [-0.1, -0.05) is 116 Å². The predicted octanol–water partition coefficient (Wildman–Crippen LogP) is 7.94. The highest BCUT2D eigenvalue weighted by Gasteiger charge is 2.65. The van der Waals surface area contributed by atoms with Gasteiger partial charge in [-0.25, -0.2) is 9.36 Å². The van der Waals surface area contributed by atoms with Crippen molar-refractivity contribution in [2.24, 2.45) is 0 Å². The Morgan fingerprint density at radius 2 is 1.46 bits per heavy atom. The number of nitrogens with two attached hydrogens (primary N) is 1. The topological polar surface area (TPSA) is 115 Å². The first kappa shape index (κ1) is 34.1. The van der Waals surface area contributed by atoms with Gasteiger partial charge in [0, 0.05) is 6.20 Å². The predicted molar refractivity (Wildman–Crippen MR) is 155 cm³/mol. The summed E-state index contributed by atoms with van der Waals surface area (Å²) in [4.78, 5) is 15.5. The number of anilines is 1. The molecule has 4 atom stereocenters. The zero-order chi connectivity index (χ0) is 29.6. The maximum atomic E-state index is 15.1. The molecule has 9 nitrogen and oxygen atoms in total. The van der Waals surface area contributed by atoms with Crippen LogP contribution in [0.5, 0.6) is 0 Å². The third-order valence-corrected chi connectivity index (χ3v) is 9.29. The molecule has 0 amide bonds. The van der Waals surface area contributed by atoms with E-state index in [9.17, 15) is 9.36 Å². The highest BCUT2D eigenvalue weighted by Crippen LogP contribution is 2.59. The number of nitrogens with zero attached hydrogens (tertiary/aromatic N) is 2. The minimum absolute atomic E-state index is 0.0879. The van der Waals surface area contributed by atoms with Crippen LogP contribution in [0.3, 0.4) is 0 Å². The molecule has 2 saturated heterocycles. The fourth-order valence-electron chi connectivity index (χ4n) is 5.42. The molecular weight excluding hydrogens is 555 g/mol. The van der Waals surface area contributed by atoms with Crippen LogP contribution in [-0.2, 0) is 22.9 Å². The number of hydrogen-bond acceptors (Lipinski definition) is 8. The lowest BCUT2D eigenvalue weighted by atomic mass is 10.0. The molecule has 41 heavy (non-hydrogen) atoms. The Bertz CT molecular complexity index is 998. The van der Waals surface area contributed by atoms with E-state index in [0.29, 0.717) is 11.0 Å². The van der Waals surface area contributed by atoms with Crippen LogP contribution in [0.1, 0.15) is 129 Å². The summed E-state index contributed by atoms with van der Waals surface area (Å²) < 4.78 is 64.7. The van der Waals surface area contributed by atoms with Crippen molar-refractivity contribution in [2.75, 3.05) is 18.9 Å². The third kappa shape index (κ3) is 11.0. The Kier molecular flexibility index (Phi) is 14.7. The van der Waals surface area contributed by atoms with Gasteiger partial charge in [-0.15, -0.1) is 0 Å². The van der Waals surface area contributed by atoms with Gasteiger partial charge in [-0.05, 0) is 12.5 Å². The molecule has 0 radical (unpaired) electrons. The highest BCUT2D eigenvalue weighted by molar-refractivity contribution is 7.48. The van der Waals surface area contributed by atoms with Crippen molar-refractivity contribution >= 4 is 13.6 Å². The standard InChI is InChI=1S/C29H50F2N3O6P/c1-2-3-4-5-6-7-8-9-10-11-12-13-14-15-16-17-18-19-22-37-41(36)38-23-24-26(40-41)29(30,31)27(39-24)34-21-20-25(32)33-28(34)35/h20-21,24,26-27H,2-19,22-23H2,1H3,(H2,32,33,35)/t24?,26-,27-,41?/m1/s1. The lowest BCUT2D eigenvalue weighted by molar-refractivity contribution is -0.138. The minimum Gasteiger partial charge on any atom is -0.383 e. The van der Waals surface area contributed by atoms with Crippen molar-refractivity contribution in [3.63, 3.8) is 0 Å². The molecular formula is C29H50F2N3O6P. The van der Waals surface area contributed by atoms with E-state index in [1.807, 2.05) is 0 Å². The van der Waals surface area contributed by atoms with Crippen LogP contribution in [0.25, 0.3) is 0 Å².